The Hall–Kier alpha value is -1.93. The lowest BCUT2D eigenvalue weighted by Crippen LogP contribution is -2.43. The van der Waals surface area contributed by atoms with Crippen LogP contribution in [0, 0.1) is 10.1 Å². The number of amides is 1. The van der Waals surface area contributed by atoms with Gasteiger partial charge in [-0.1, -0.05) is 0 Å². The summed E-state index contributed by atoms with van der Waals surface area (Å²) in [5.74, 6) is 0.686. The Bertz CT molecular complexity index is 688. The van der Waals surface area contributed by atoms with Crippen LogP contribution in [0.2, 0.25) is 19.6 Å². The van der Waals surface area contributed by atoms with Crippen LogP contribution in [-0.4, -0.2) is 43.3 Å². The molecule has 1 saturated heterocycles. The lowest BCUT2D eigenvalue weighted by Gasteiger charge is -2.36. The van der Waals surface area contributed by atoms with Crippen LogP contribution in [0.5, 0.6) is 5.75 Å². The van der Waals surface area contributed by atoms with E-state index in [1.165, 1.54) is 12.1 Å². The molecule has 0 spiro atoms. The lowest BCUT2D eigenvalue weighted by molar-refractivity contribution is -0.385. The molecule has 0 aromatic heterocycles. The molecule has 7 nitrogen and oxygen atoms in total. The van der Waals surface area contributed by atoms with Crippen molar-refractivity contribution in [1.29, 1.82) is 0 Å². The number of non-ortho nitro benzene ring substituents is 1. The number of nitro benzene ring substituents is 1. The molecule has 2 atom stereocenters. The zero-order chi connectivity index (χ0) is 18.2. The maximum absolute atomic E-state index is 12.4. The minimum absolute atomic E-state index is 0.00708. The van der Waals surface area contributed by atoms with E-state index in [2.05, 4.69) is 19.6 Å². The summed E-state index contributed by atoms with van der Waals surface area (Å²) in [7, 11) is -1.87. The molecule has 25 heavy (non-hydrogen) atoms. The van der Waals surface area contributed by atoms with Gasteiger partial charge in [-0.05, 0) is 32.1 Å². The number of nitro groups is 1. The van der Waals surface area contributed by atoms with Gasteiger partial charge in [-0.3, -0.25) is 14.9 Å². The zero-order valence-electron chi connectivity index (χ0n) is 14.9. The summed E-state index contributed by atoms with van der Waals surface area (Å²) in [5, 5.41) is 11.2. The molecule has 0 unspecified atom stereocenters. The van der Waals surface area contributed by atoms with Gasteiger partial charge in [0.05, 0.1) is 23.7 Å². The molecule has 2 aliphatic heterocycles. The van der Waals surface area contributed by atoms with Crippen molar-refractivity contribution in [2.24, 2.45) is 0 Å². The molecule has 1 amide bonds. The van der Waals surface area contributed by atoms with Crippen LogP contribution in [0.25, 0.3) is 0 Å². The van der Waals surface area contributed by atoms with E-state index in [1.807, 2.05) is 4.90 Å². The highest BCUT2D eigenvalue weighted by molar-refractivity contribution is 6.69. The summed E-state index contributed by atoms with van der Waals surface area (Å²) in [4.78, 5) is 25.1. The van der Waals surface area contributed by atoms with Crippen molar-refractivity contribution >= 4 is 19.9 Å². The van der Waals surface area contributed by atoms with Gasteiger partial charge in [0.2, 0.25) is 5.91 Å². The maximum atomic E-state index is 12.4. The molecule has 8 heteroatoms. The van der Waals surface area contributed by atoms with Crippen LogP contribution in [0.1, 0.15) is 30.9 Å². The minimum Gasteiger partial charge on any atom is -0.493 e. The molecule has 3 rings (SSSR count). The van der Waals surface area contributed by atoms with Crippen LogP contribution in [0.15, 0.2) is 18.2 Å². The van der Waals surface area contributed by atoms with Crippen LogP contribution in [0.4, 0.5) is 5.69 Å². The Kier molecular flexibility index (Phi) is 4.83. The molecule has 0 N–H and O–H groups in total. The molecule has 0 bridgehead atoms. The first-order valence-corrected chi connectivity index (χ1v) is 12.1. The second-order valence-corrected chi connectivity index (χ2v) is 12.0. The second kappa shape index (κ2) is 6.76. The molecule has 0 aliphatic carbocycles. The van der Waals surface area contributed by atoms with Crippen molar-refractivity contribution in [3.63, 3.8) is 0 Å². The summed E-state index contributed by atoms with van der Waals surface area (Å²) in [6, 6.07) is 4.29. The Balaban J connectivity index is 2.08. The van der Waals surface area contributed by atoms with Gasteiger partial charge < -0.3 is 14.1 Å². The molecule has 2 heterocycles. The average Bonchev–Trinajstić information content (AvgIpc) is 2.85. The first kappa shape index (κ1) is 17.9. The molecule has 0 radical (unpaired) electrons. The van der Waals surface area contributed by atoms with Gasteiger partial charge in [0, 0.05) is 37.1 Å². The summed E-state index contributed by atoms with van der Waals surface area (Å²) >= 11 is 0. The highest BCUT2D eigenvalue weighted by Crippen LogP contribution is 2.41. The van der Waals surface area contributed by atoms with Gasteiger partial charge in [-0.15, -0.1) is 0 Å². The Morgan fingerprint density at radius 3 is 2.72 bits per heavy atom. The highest BCUT2D eigenvalue weighted by Gasteiger charge is 2.40. The highest BCUT2D eigenvalue weighted by atomic mass is 28.4. The third kappa shape index (κ3) is 3.85. The summed E-state index contributed by atoms with van der Waals surface area (Å²) < 4.78 is 12.2. The van der Waals surface area contributed by atoms with E-state index in [1.54, 1.807) is 6.07 Å². The predicted molar refractivity (Wildman–Crippen MR) is 95.1 cm³/mol. The molecule has 0 saturated carbocycles. The number of hydrogen-bond acceptors (Lipinski definition) is 5. The van der Waals surface area contributed by atoms with E-state index >= 15 is 0 Å². The van der Waals surface area contributed by atoms with Gasteiger partial charge in [0.1, 0.15) is 5.75 Å². The first-order valence-electron chi connectivity index (χ1n) is 8.65. The van der Waals surface area contributed by atoms with Crippen LogP contribution >= 0.6 is 0 Å². The predicted octanol–water partition coefficient (Wildman–Crippen LogP) is 3.26. The molecule has 2 aliphatic rings. The van der Waals surface area contributed by atoms with E-state index in [0.29, 0.717) is 37.3 Å². The normalized spacial score (nSPS) is 23.8. The largest absolute Gasteiger partial charge is 0.493 e. The Labute approximate surface area is 148 Å². The number of rotatable bonds is 4. The number of likely N-dealkylation sites (tertiary alicyclic amines) is 1. The summed E-state index contributed by atoms with van der Waals surface area (Å²) in [6.45, 7) is 7.44. The summed E-state index contributed by atoms with van der Waals surface area (Å²) in [5.41, 5.74) is 0.692. The smallest absolute Gasteiger partial charge is 0.270 e. The van der Waals surface area contributed by atoms with Crippen LogP contribution in [0.3, 0.4) is 0 Å². The monoisotopic (exact) mass is 364 g/mol. The van der Waals surface area contributed by atoms with Crippen molar-refractivity contribution in [3.8, 4) is 5.75 Å². The van der Waals surface area contributed by atoms with Crippen LogP contribution in [-0.2, 0) is 9.22 Å². The first-order chi connectivity index (χ1) is 11.8. The number of nitrogens with zero attached hydrogens (tertiary/aromatic N) is 2. The SMILES string of the molecule is C[Si](C)(C)O[C@H]1CCOc2ccc([N+](=O)[O-])cc2[C@@H]1N1CCCC1=O. The Morgan fingerprint density at radius 1 is 1.36 bits per heavy atom. The van der Waals surface area contributed by atoms with E-state index < -0.39 is 13.2 Å². The van der Waals surface area contributed by atoms with Crippen molar-refractivity contribution in [3.05, 3.63) is 33.9 Å². The average molecular weight is 364 g/mol. The standard InChI is InChI=1S/C17H24N2O5Si/c1-25(2,3)24-15-8-10-23-14-7-6-12(19(21)22)11-13(14)17(15)18-9-4-5-16(18)20/h6-7,11,15,17H,4-5,8-10H2,1-3H3/t15-,17-/m0/s1. The van der Waals surface area contributed by atoms with Crippen molar-refractivity contribution in [2.45, 2.75) is 51.0 Å². The fraction of sp³-hybridized carbons (Fsp3) is 0.588. The maximum Gasteiger partial charge on any atom is 0.270 e. The number of carbonyl (C=O) groups is 1. The molecular formula is C17H24N2O5Si. The van der Waals surface area contributed by atoms with E-state index in [-0.39, 0.29) is 23.7 Å². The third-order valence-corrected chi connectivity index (χ3v) is 5.50. The van der Waals surface area contributed by atoms with Gasteiger partial charge in [-0.25, -0.2) is 0 Å². The zero-order valence-corrected chi connectivity index (χ0v) is 15.9. The van der Waals surface area contributed by atoms with E-state index in [4.69, 9.17) is 9.16 Å². The van der Waals surface area contributed by atoms with Crippen molar-refractivity contribution < 1.29 is 18.9 Å². The molecular weight excluding hydrogens is 340 g/mol. The third-order valence-electron chi connectivity index (χ3n) is 4.49. The van der Waals surface area contributed by atoms with Gasteiger partial charge in [0.25, 0.3) is 5.69 Å². The van der Waals surface area contributed by atoms with Crippen LogP contribution < -0.4 is 4.74 Å². The fourth-order valence-corrected chi connectivity index (χ4v) is 4.72. The number of ether oxygens (including phenoxy) is 1. The number of hydrogen-bond donors (Lipinski definition) is 0. The number of benzene rings is 1. The van der Waals surface area contributed by atoms with E-state index in [0.717, 1.165) is 6.42 Å². The minimum atomic E-state index is -1.87. The molecule has 1 aromatic rings. The summed E-state index contributed by atoms with van der Waals surface area (Å²) in [6.07, 6.45) is 1.76. The number of fused-ring (bicyclic) bond motifs is 1. The van der Waals surface area contributed by atoms with Gasteiger partial charge in [0.15, 0.2) is 8.32 Å². The lowest BCUT2D eigenvalue weighted by atomic mass is 9.97. The molecule has 136 valence electrons. The second-order valence-electron chi connectivity index (χ2n) is 7.52. The molecule has 1 aromatic carbocycles. The Morgan fingerprint density at radius 2 is 2.12 bits per heavy atom. The molecule has 1 fully saturated rings. The fourth-order valence-electron chi connectivity index (χ4n) is 3.56. The van der Waals surface area contributed by atoms with Gasteiger partial charge >= 0.3 is 0 Å². The van der Waals surface area contributed by atoms with Crippen molar-refractivity contribution in [2.75, 3.05) is 13.2 Å². The quantitative estimate of drug-likeness (QED) is 0.465. The van der Waals surface area contributed by atoms with Crippen molar-refractivity contribution in [1.82, 2.24) is 4.90 Å². The van der Waals surface area contributed by atoms with Gasteiger partial charge in [-0.2, -0.15) is 0 Å². The number of carbonyl (C=O) groups excluding carboxylic acids is 1. The van der Waals surface area contributed by atoms with E-state index in [9.17, 15) is 14.9 Å². The topological polar surface area (TPSA) is 81.9 Å².